The van der Waals surface area contributed by atoms with Crippen molar-refractivity contribution in [2.24, 2.45) is 0 Å². The molecule has 21 heavy (non-hydrogen) atoms. The van der Waals surface area contributed by atoms with Crippen LogP contribution in [0.15, 0.2) is 18.2 Å². The summed E-state index contributed by atoms with van der Waals surface area (Å²) in [4.78, 5) is 24.6. The maximum Gasteiger partial charge on any atom is 0.322 e. The highest BCUT2D eigenvalue weighted by atomic mass is 35.5. The van der Waals surface area contributed by atoms with Crippen LogP contribution >= 0.6 is 23.4 Å². The minimum atomic E-state index is -0.944. The monoisotopic (exact) mass is 332 g/mol. The molecule has 114 valence electrons. The van der Waals surface area contributed by atoms with Gasteiger partial charge in [0.25, 0.3) is 0 Å². The molecule has 1 heterocycles. The topological polar surface area (TPSA) is 69.6 Å². The number of amides is 2. The summed E-state index contributed by atoms with van der Waals surface area (Å²) in [5, 5.41) is 11.6. The van der Waals surface area contributed by atoms with E-state index in [1.165, 1.54) is 17.0 Å². The molecule has 1 aliphatic heterocycles. The van der Waals surface area contributed by atoms with Crippen molar-refractivity contribution in [3.05, 3.63) is 29.0 Å². The lowest BCUT2D eigenvalue weighted by atomic mass is 10.2. The van der Waals surface area contributed by atoms with Crippen LogP contribution in [-0.2, 0) is 4.79 Å². The number of carboxylic acid groups (broad SMARTS) is 1. The molecular formula is C13H14ClFN2O3S. The molecule has 1 saturated heterocycles. The number of nitrogens with one attached hydrogen (secondary N) is 1. The largest absolute Gasteiger partial charge is 0.481 e. The van der Waals surface area contributed by atoms with Gasteiger partial charge in [0.15, 0.2) is 0 Å². The number of carboxylic acids is 1. The van der Waals surface area contributed by atoms with E-state index in [-0.39, 0.29) is 17.5 Å². The van der Waals surface area contributed by atoms with Gasteiger partial charge in [-0.05, 0) is 18.2 Å². The van der Waals surface area contributed by atoms with E-state index in [9.17, 15) is 14.0 Å². The number of halogens is 2. The van der Waals surface area contributed by atoms with Crippen LogP contribution in [0.5, 0.6) is 0 Å². The molecule has 1 aliphatic rings. The first-order valence-corrected chi connectivity index (χ1v) is 7.83. The van der Waals surface area contributed by atoms with Gasteiger partial charge in [0, 0.05) is 18.1 Å². The quantitative estimate of drug-likeness (QED) is 0.893. The molecular weight excluding hydrogens is 319 g/mol. The molecule has 0 aliphatic carbocycles. The van der Waals surface area contributed by atoms with Crippen molar-refractivity contribution in [2.75, 3.05) is 23.4 Å². The Labute approximate surface area is 130 Å². The second-order valence-electron chi connectivity index (χ2n) is 4.57. The standard InChI is InChI=1S/C13H14ClFN2O3S/c14-10-5-8(15)1-2-11(10)16-13(20)17-3-4-21-7-9(17)6-12(18)19/h1-2,5,9H,3-4,6-7H2,(H,16,20)(H,18,19). The van der Waals surface area contributed by atoms with Gasteiger partial charge < -0.3 is 15.3 Å². The highest BCUT2D eigenvalue weighted by Crippen LogP contribution is 2.25. The van der Waals surface area contributed by atoms with Gasteiger partial charge in [0.2, 0.25) is 0 Å². The maximum atomic E-state index is 13.0. The molecule has 0 bridgehead atoms. The van der Waals surface area contributed by atoms with Gasteiger partial charge in [0.1, 0.15) is 5.82 Å². The number of rotatable bonds is 3. The SMILES string of the molecule is O=C(O)CC1CSCCN1C(=O)Nc1ccc(F)cc1Cl. The van der Waals surface area contributed by atoms with Gasteiger partial charge in [-0.15, -0.1) is 0 Å². The van der Waals surface area contributed by atoms with Crippen LogP contribution in [0.2, 0.25) is 5.02 Å². The van der Waals surface area contributed by atoms with Gasteiger partial charge in [0.05, 0.1) is 23.2 Å². The first-order chi connectivity index (χ1) is 9.97. The summed E-state index contributed by atoms with van der Waals surface area (Å²) >= 11 is 7.48. The van der Waals surface area contributed by atoms with Crippen molar-refractivity contribution in [1.82, 2.24) is 4.90 Å². The average Bonchev–Trinajstić information content (AvgIpc) is 2.42. The van der Waals surface area contributed by atoms with Crippen molar-refractivity contribution < 1.29 is 19.1 Å². The van der Waals surface area contributed by atoms with E-state index < -0.39 is 17.8 Å². The summed E-state index contributed by atoms with van der Waals surface area (Å²) in [5.74, 6) is -0.103. The smallest absolute Gasteiger partial charge is 0.322 e. The number of nitrogens with zero attached hydrogens (tertiary/aromatic N) is 1. The third-order valence-corrected chi connectivity index (χ3v) is 4.48. The lowest BCUT2D eigenvalue weighted by Gasteiger charge is -2.34. The summed E-state index contributed by atoms with van der Waals surface area (Å²) in [6.45, 7) is 0.466. The number of anilines is 1. The van der Waals surface area contributed by atoms with Crippen molar-refractivity contribution >= 4 is 41.1 Å². The Balaban J connectivity index is 2.08. The summed E-state index contributed by atoms with van der Waals surface area (Å²) < 4.78 is 13.0. The summed E-state index contributed by atoms with van der Waals surface area (Å²) in [6.07, 6.45) is -0.0996. The van der Waals surface area contributed by atoms with Crippen LogP contribution in [0.3, 0.4) is 0 Å². The number of carbonyl (C=O) groups is 2. The lowest BCUT2D eigenvalue weighted by Crippen LogP contribution is -2.48. The zero-order valence-electron chi connectivity index (χ0n) is 11.0. The predicted molar refractivity (Wildman–Crippen MR) is 80.5 cm³/mol. The van der Waals surface area contributed by atoms with E-state index >= 15 is 0 Å². The van der Waals surface area contributed by atoms with Gasteiger partial charge in [-0.2, -0.15) is 11.8 Å². The van der Waals surface area contributed by atoms with Crippen LogP contribution < -0.4 is 5.32 Å². The third-order valence-electron chi connectivity index (χ3n) is 3.07. The number of urea groups is 1. The van der Waals surface area contributed by atoms with E-state index in [1.807, 2.05) is 0 Å². The number of thioether (sulfide) groups is 1. The molecule has 8 heteroatoms. The zero-order chi connectivity index (χ0) is 15.4. The van der Waals surface area contributed by atoms with E-state index in [0.29, 0.717) is 18.0 Å². The van der Waals surface area contributed by atoms with Crippen LogP contribution in [0.4, 0.5) is 14.9 Å². The van der Waals surface area contributed by atoms with Crippen LogP contribution in [0.25, 0.3) is 0 Å². The molecule has 2 amide bonds. The third kappa shape index (κ3) is 4.25. The maximum absolute atomic E-state index is 13.0. The van der Waals surface area contributed by atoms with Crippen molar-refractivity contribution in [2.45, 2.75) is 12.5 Å². The highest BCUT2D eigenvalue weighted by molar-refractivity contribution is 7.99. The fraction of sp³-hybridized carbons (Fsp3) is 0.385. The minimum absolute atomic E-state index is 0.0996. The van der Waals surface area contributed by atoms with Crippen LogP contribution in [0, 0.1) is 5.82 Å². The number of carbonyl (C=O) groups excluding carboxylic acids is 1. The molecule has 1 fully saturated rings. The normalized spacial score (nSPS) is 18.4. The van der Waals surface area contributed by atoms with Crippen molar-refractivity contribution in [1.29, 1.82) is 0 Å². The van der Waals surface area contributed by atoms with Crippen molar-refractivity contribution in [3.63, 3.8) is 0 Å². The van der Waals surface area contributed by atoms with Crippen LogP contribution in [0.1, 0.15) is 6.42 Å². The lowest BCUT2D eigenvalue weighted by molar-refractivity contribution is -0.137. The van der Waals surface area contributed by atoms with E-state index in [4.69, 9.17) is 16.7 Å². The molecule has 0 saturated carbocycles. The van der Waals surface area contributed by atoms with E-state index in [2.05, 4.69) is 5.32 Å². The molecule has 5 nitrogen and oxygen atoms in total. The fourth-order valence-corrected chi connectivity index (χ4v) is 3.35. The molecule has 1 atom stereocenters. The molecule has 1 unspecified atom stereocenters. The Kier molecular flexibility index (Phi) is 5.30. The first-order valence-electron chi connectivity index (χ1n) is 6.29. The number of hydrogen-bond acceptors (Lipinski definition) is 3. The van der Waals surface area contributed by atoms with E-state index in [1.54, 1.807) is 11.8 Å². The summed E-state index contributed by atoms with van der Waals surface area (Å²) in [7, 11) is 0. The van der Waals surface area contributed by atoms with Gasteiger partial charge in [-0.1, -0.05) is 11.6 Å². The number of aliphatic carboxylic acids is 1. The molecule has 0 radical (unpaired) electrons. The summed E-state index contributed by atoms with van der Waals surface area (Å²) in [5.41, 5.74) is 0.301. The second kappa shape index (κ2) is 7.00. The Morgan fingerprint density at radius 2 is 2.29 bits per heavy atom. The predicted octanol–water partition coefficient (Wildman–Crippen LogP) is 2.90. The Morgan fingerprint density at radius 3 is 2.95 bits per heavy atom. The molecule has 2 rings (SSSR count). The van der Waals surface area contributed by atoms with Gasteiger partial charge >= 0.3 is 12.0 Å². The molecule has 0 aromatic heterocycles. The fourth-order valence-electron chi connectivity index (χ4n) is 2.07. The minimum Gasteiger partial charge on any atom is -0.481 e. The Bertz CT molecular complexity index is 558. The van der Waals surface area contributed by atoms with E-state index in [0.717, 1.165) is 11.8 Å². The Morgan fingerprint density at radius 1 is 1.52 bits per heavy atom. The molecule has 1 aromatic carbocycles. The van der Waals surface area contributed by atoms with Gasteiger partial charge in [-0.25, -0.2) is 9.18 Å². The molecule has 1 aromatic rings. The second-order valence-corrected chi connectivity index (χ2v) is 6.13. The Hall–Kier alpha value is -1.47. The summed E-state index contributed by atoms with van der Waals surface area (Å²) in [6, 6.07) is 2.90. The average molecular weight is 333 g/mol. The number of hydrogen-bond donors (Lipinski definition) is 2. The molecule has 2 N–H and O–H groups in total. The highest BCUT2D eigenvalue weighted by Gasteiger charge is 2.29. The van der Waals surface area contributed by atoms with Crippen LogP contribution in [-0.4, -0.2) is 46.1 Å². The molecule has 0 spiro atoms. The van der Waals surface area contributed by atoms with Gasteiger partial charge in [-0.3, -0.25) is 4.79 Å². The zero-order valence-corrected chi connectivity index (χ0v) is 12.6. The first kappa shape index (κ1) is 15.9. The number of benzene rings is 1. The van der Waals surface area contributed by atoms with Crippen molar-refractivity contribution in [3.8, 4) is 0 Å².